The minimum absolute atomic E-state index is 0. The van der Waals surface area contributed by atoms with Crippen LogP contribution in [0.4, 0.5) is 4.79 Å². The summed E-state index contributed by atoms with van der Waals surface area (Å²) in [6.07, 6.45) is -1.13. The summed E-state index contributed by atoms with van der Waals surface area (Å²) in [4.78, 5) is 21.2. The molecule has 0 aromatic rings. The van der Waals surface area contributed by atoms with Gasteiger partial charge in [0.25, 0.3) is 5.91 Å². The van der Waals surface area contributed by atoms with Crippen LogP contribution in [0, 0.1) is 0 Å². The number of hydrogen-bond acceptors (Lipinski definition) is 6. The minimum Gasteiger partial charge on any atom is -1.00 e. The Morgan fingerprint density at radius 3 is 2.50 bits per heavy atom. The second-order valence-electron chi connectivity index (χ2n) is 2.84. The van der Waals surface area contributed by atoms with Gasteiger partial charge in [0.2, 0.25) is 0 Å². The third-order valence-corrected chi connectivity index (χ3v) is 2.81. The predicted octanol–water partition coefficient (Wildman–Crippen LogP) is -5.46. The van der Waals surface area contributed by atoms with Gasteiger partial charge in [0.05, 0.1) is 0 Å². The van der Waals surface area contributed by atoms with Crippen LogP contribution in [-0.4, -0.2) is 48.0 Å². The molecule has 0 aromatic heterocycles. The number of amides is 2. The average Bonchev–Trinajstić information content (AvgIpc) is 2.07. The maximum Gasteiger partial charge on any atom is 1.00 e. The molecule has 0 spiro atoms. The van der Waals surface area contributed by atoms with Crippen molar-refractivity contribution in [3.05, 3.63) is 0 Å². The quantitative estimate of drug-likeness (QED) is 0.261. The fourth-order valence-electron chi connectivity index (χ4n) is 1.16. The van der Waals surface area contributed by atoms with E-state index in [2.05, 4.69) is 10.5 Å². The normalized spacial score (nSPS) is 24.4. The van der Waals surface area contributed by atoms with Crippen molar-refractivity contribution in [2.75, 3.05) is 6.61 Å². The summed E-state index contributed by atoms with van der Waals surface area (Å²) in [6, 6.07) is -2.24. The van der Waals surface area contributed by atoms with Crippen molar-refractivity contribution in [3.8, 4) is 0 Å². The number of rotatable bonds is 3. The molecule has 1 rings (SSSR count). The Labute approximate surface area is 115 Å². The molecule has 5 N–H and O–H groups in total. The van der Waals surface area contributed by atoms with E-state index in [9.17, 15) is 18.0 Å². The molecule has 2 amide bonds. The van der Waals surface area contributed by atoms with Crippen molar-refractivity contribution in [2.24, 2.45) is 11.5 Å². The monoisotopic (exact) mass is 263 g/mol. The maximum atomic E-state index is 11.0. The standard InChI is InChI=1S/C5H9N3O6S.Na.H/c6-3-2(1-14-5(7)10)8(4(3)9)15(11,12)13;;/h2-3H,1,6H2,(H2,7,10)(H,11,12,13);;/q;+1;-1/t2-,3+;;/m1../s1. The molecule has 0 aromatic carbocycles. The predicted molar refractivity (Wildman–Crippen MR) is 46.8 cm³/mol. The number of carbonyl (C=O) groups excluding carboxylic acids is 2. The molecule has 2 atom stereocenters. The largest absolute Gasteiger partial charge is 1.00 e. The molecule has 0 unspecified atom stereocenters. The molecular formula is C5H10N3NaO6S. The van der Waals surface area contributed by atoms with Crippen molar-refractivity contribution in [3.63, 3.8) is 0 Å². The molecule has 0 radical (unpaired) electrons. The zero-order valence-electron chi connectivity index (χ0n) is 9.36. The number of primary amides is 1. The summed E-state index contributed by atoms with van der Waals surface area (Å²) in [6.45, 7) is -0.484. The van der Waals surface area contributed by atoms with Crippen LogP contribution >= 0.6 is 0 Å². The number of nitrogens with zero attached hydrogens (tertiary/aromatic N) is 1. The molecule has 0 saturated carbocycles. The second kappa shape index (κ2) is 5.29. The van der Waals surface area contributed by atoms with Crippen molar-refractivity contribution < 1.29 is 58.3 Å². The Balaban J connectivity index is 0. The fraction of sp³-hybridized carbons (Fsp3) is 0.600. The summed E-state index contributed by atoms with van der Waals surface area (Å²) in [7, 11) is -4.67. The molecule has 1 aliphatic heterocycles. The van der Waals surface area contributed by atoms with Crippen LogP contribution in [0.15, 0.2) is 0 Å². The first-order valence-corrected chi connectivity index (χ1v) is 5.13. The van der Waals surface area contributed by atoms with Crippen LogP contribution in [-0.2, 0) is 19.8 Å². The zero-order valence-corrected chi connectivity index (χ0v) is 11.2. The summed E-state index contributed by atoms with van der Waals surface area (Å²) in [5.41, 5.74) is 9.88. The topological polar surface area (TPSA) is 153 Å². The van der Waals surface area contributed by atoms with Gasteiger partial charge in [0.1, 0.15) is 18.7 Å². The maximum absolute atomic E-state index is 11.0. The first-order valence-electron chi connectivity index (χ1n) is 3.73. The first-order chi connectivity index (χ1) is 6.75. The molecule has 1 aliphatic rings. The smallest absolute Gasteiger partial charge is 1.00 e. The van der Waals surface area contributed by atoms with Crippen LogP contribution in [0.25, 0.3) is 0 Å². The van der Waals surface area contributed by atoms with Crippen molar-refractivity contribution in [1.29, 1.82) is 0 Å². The van der Waals surface area contributed by atoms with E-state index in [1.807, 2.05) is 0 Å². The van der Waals surface area contributed by atoms with Crippen LogP contribution in [0.1, 0.15) is 1.43 Å². The SMILES string of the molecule is NC(=O)OC[C@@H]1[C@H](N)C(=O)N1S(=O)(=O)O.[H-].[Na+]. The molecule has 1 heterocycles. The molecule has 1 saturated heterocycles. The van der Waals surface area contributed by atoms with Gasteiger partial charge in [-0.1, -0.05) is 0 Å². The Morgan fingerprint density at radius 1 is 1.62 bits per heavy atom. The van der Waals surface area contributed by atoms with Crippen LogP contribution in [0.3, 0.4) is 0 Å². The molecule has 16 heavy (non-hydrogen) atoms. The second-order valence-corrected chi connectivity index (χ2v) is 4.12. The van der Waals surface area contributed by atoms with Crippen LogP contribution in [0.5, 0.6) is 0 Å². The fourth-order valence-corrected chi connectivity index (χ4v) is 2.05. The van der Waals surface area contributed by atoms with E-state index in [0.717, 1.165) is 0 Å². The number of ether oxygens (including phenoxy) is 1. The molecule has 0 aliphatic carbocycles. The van der Waals surface area contributed by atoms with E-state index in [-0.39, 0.29) is 35.3 Å². The Kier molecular flexibility index (Phi) is 5.16. The summed E-state index contributed by atoms with van der Waals surface area (Å²) >= 11 is 0. The van der Waals surface area contributed by atoms with Gasteiger partial charge in [0.15, 0.2) is 0 Å². The van der Waals surface area contributed by atoms with Crippen LogP contribution in [0.2, 0.25) is 0 Å². The summed E-state index contributed by atoms with van der Waals surface area (Å²) in [5, 5.41) is 0. The molecule has 11 heteroatoms. The Morgan fingerprint density at radius 2 is 2.12 bits per heavy atom. The van der Waals surface area contributed by atoms with E-state index < -0.39 is 41.0 Å². The molecule has 88 valence electrons. The Bertz CT molecular complexity index is 402. The molecular weight excluding hydrogens is 253 g/mol. The van der Waals surface area contributed by atoms with Crippen molar-refractivity contribution in [2.45, 2.75) is 12.1 Å². The van der Waals surface area contributed by atoms with E-state index >= 15 is 0 Å². The number of carbonyl (C=O) groups is 2. The van der Waals surface area contributed by atoms with Gasteiger partial charge in [-0.2, -0.15) is 8.42 Å². The van der Waals surface area contributed by atoms with E-state index in [0.29, 0.717) is 0 Å². The molecule has 0 bridgehead atoms. The van der Waals surface area contributed by atoms with Gasteiger partial charge in [-0.25, -0.2) is 9.10 Å². The van der Waals surface area contributed by atoms with E-state index in [1.54, 1.807) is 0 Å². The number of hydrogen-bond donors (Lipinski definition) is 3. The molecule has 9 nitrogen and oxygen atoms in total. The first kappa shape index (κ1) is 15.6. The van der Waals surface area contributed by atoms with Gasteiger partial charge >= 0.3 is 46.0 Å². The van der Waals surface area contributed by atoms with Crippen molar-refractivity contribution >= 4 is 22.3 Å². The average molecular weight is 263 g/mol. The minimum atomic E-state index is -4.67. The summed E-state index contributed by atoms with van der Waals surface area (Å²) < 4.78 is 34.3. The third-order valence-electron chi connectivity index (χ3n) is 1.86. The zero-order chi connectivity index (χ0) is 11.8. The third kappa shape index (κ3) is 3.06. The van der Waals surface area contributed by atoms with Gasteiger partial charge in [0, 0.05) is 0 Å². The van der Waals surface area contributed by atoms with Gasteiger partial charge in [-0.05, 0) is 0 Å². The van der Waals surface area contributed by atoms with Gasteiger partial charge < -0.3 is 17.6 Å². The van der Waals surface area contributed by atoms with Crippen LogP contribution < -0.4 is 41.0 Å². The Hall–Kier alpha value is -0.390. The number of β-lactam (4-membered cyclic amide) rings is 1. The summed E-state index contributed by atoms with van der Waals surface area (Å²) in [5.74, 6) is -0.962. The van der Waals surface area contributed by atoms with E-state index in [1.165, 1.54) is 0 Å². The van der Waals surface area contributed by atoms with E-state index in [4.69, 9.17) is 10.3 Å². The van der Waals surface area contributed by atoms with Crippen molar-refractivity contribution in [1.82, 2.24) is 4.31 Å². The van der Waals surface area contributed by atoms with Gasteiger partial charge in [-0.3, -0.25) is 9.35 Å². The molecule has 1 fully saturated rings. The van der Waals surface area contributed by atoms with Gasteiger partial charge in [-0.15, -0.1) is 0 Å². The number of nitrogens with two attached hydrogens (primary N) is 2.